The van der Waals surface area contributed by atoms with Gasteiger partial charge in [0.1, 0.15) is 0 Å². The number of nitrogens with one attached hydrogen (secondary N) is 2. The molecule has 2 N–H and O–H groups in total. The van der Waals surface area contributed by atoms with Gasteiger partial charge >= 0.3 is 0 Å². The number of amides is 1. The average molecular weight is 242 g/mol. The van der Waals surface area contributed by atoms with E-state index >= 15 is 0 Å². The molecule has 1 saturated carbocycles. The molecule has 0 aromatic heterocycles. The fraction of sp³-hybridized carbons (Fsp3) is 0.923. The Labute approximate surface area is 104 Å². The van der Waals surface area contributed by atoms with Crippen molar-refractivity contribution in [2.24, 2.45) is 5.92 Å². The topological polar surface area (TPSA) is 50.4 Å². The highest BCUT2D eigenvalue weighted by atomic mass is 16.5. The Balaban J connectivity index is 2.02. The fourth-order valence-electron chi connectivity index (χ4n) is 2.33. The Morgan fingerprint density at radius 3 is 2.71 bits per heavy atom. The van der Waals surface area contributed by atoms with E-state index in [2.05, 4.69) is 10.6 Å². The first-order valence-corrected chi connectivity index (χ1v) is 6.74. The lowest BCUT2D eigenvalue weighted by atomic mass is 10.0. The van der Waals surface area contributed by atoms with E-state index in [1.807, 2.05) is 6.92 Å². The molecule has 0 saturated heterocycles. The normalized spacial score (nSPS) is 18.2. The summed E-state index contributed by atoms with van der Waals surface area (Å²) in [5.74, 6) is 0.944. The van der Waals surface area contributed by atoms with Gasteiger partial charge in [-0.2, -0.15) is 0 Å². The summed E-state index contributed by atoms with van der Waals surface area (Å²) >= 11 is 0. The highest BCUT2D eigenvalue weighted by molar-refractivity contribution is 5.81. The minimum atomic E-state index is -0.103. The second-order valence-electron chi connectivity index (χ2n) is 4.90. The standard InChI is InChI=1S/C13H26N2O2/c1-11(13(16)15-9-10-17-2)14-8-7-12-5-3-4-6-12/h11-12,14H,3-10H2,1-2H3,(H,15,16). The van der Waals surface area contributed by atoms with Crippen LogP contribution in [0.3, 0.4) is 0 Å². The quantitative estimate of drug-likeness (QED) is 0.631. The van der Waals surface area contributed by atoms with E-state index in [9.17, 15) is 4.79 Å². The SMILES string of the molecule is COCCNC(=O)C(C)NCCC1CCCC1. The Hall–Kier alpha value is -0.610. The second-order valence-corrected chi connectivity index (χ2v) is 4.90. The molecule has 17 heavy (non-hydrogen) atoms. The Bertz CT molecular complexity index is 215. The molecule has 4 nitrogen and oxygen atoms in total. The number of ether oxygens (including phenoxy) is 1. The smallest absolute Gasteiger partial charge is 0.236 e. The molecule has 1 aliphatic rings. The summed E-state index contributed by atoms with van der Waals surface area (Å²) < 4.78 is 4.89. The maximum atomic E-state index is 11.6. The largest absolute Gasteiger partial charge is 0.383 e. The van der Waals surface area contributed by atoms with E-state index in [4.69, 9.17) is 4.74 Å². The lowest BCUT2D eigenvalue weighted by Gasteiger charge is -2.15. The molecule has 0 aromatic carbocycles. The van der Waals surface area contributed by atoms with Crippen molar-refractivity contribution in [3.63, 3.8) is 0 Å². The first-order valence-electron chi connectivity index (χ1n) is 6.74. The van der Waals surface area contributed by atoms with Gasteiger partial charge in [-0.05, 0) is 25.8 Å². The van der Waals surface area contributed by atoms with Gasteiger partial charge in [0.25, 0.3) is 0 Å². The van der Waals surface area contributed by atoms with Crippen molar-refractivity contribution in [3.8, 4) is 0 Å². The van der Waals surface area contributed by atoms with Gasteiger partial charge in [0.15, 0.2) is 0 Å². The summed E-state index contributed by atoms with van der Waals surface area (Å²) in [5, 5.41) is 6.12. The van der Waals surface area contributed by atoms with E-state index in [0.29, 0.717) is 13.2 Å². The third-order valence-corrected chi connectivity index (χ3v) is 3.48. The van der Waals surface area contributed by atoms with E-state index < -0.39 is 0 Å². The number of carbonyl (C=O) groups excluding carboxylic acids is 1. The summed E-state index contributed by atoms with van der Waals surface area (Å²) in [5.41, 5.74) is 0. The predicted molar refractivity (Wildman–Crippen MR) is 68.9 cm³/mol. The lowest BCUT2D eigenvalue weighted by molar-refractivity contribution is -0.122. The lowest BCUT2D eigenvalue weighted by Crippen LogP contribution is -2.43. The van der Waals surface area contributed by atoms with Crippen molar-refractivity contribution in [1.29, 1.82) is 0 Å². The van der Waals surface area contributed by atoms with Gasteiger partial charge in [-0.25, -0.2) is 0 Å². The van der Waals surface area contributed by atoms with Crippen LogP contribution in [0.1, 0.15) is 39.0 Å². The van der Waals surface area contributed by atoms with E-state index in [-0.39, 0.29) is 11.9 Å². The molecule has 1 amide bonds. The van der Waals surface area contributed by atoms with Crippen LogP contribution < -0.4 is 10.6 Å². The molecule has 0 radical (unpaired) electrons. The zero-order chi connectivity index (χ0) is 12.5. The molecule has 0 aromatic rings. The molecule has 0 bridgehead atoms. The molecule has 0 heterocycles. The highest BCUT2D eigenvalue weighted by Gasteiger charge is 2.16. The van der Waals surface area contributed by atoms with Crippen molar-refractivity contribution in [2.45, 2.75) is 45.1 Å². The first-order chi connectivity index (χ1) is 8.24. The fourth-order valence-corrected chi connectivity index (χ4v) is 2.33. The van der Waals surface area contributed by atoms with Gasteiger partial charge in [-0.3, -0.25) is 4.79 Å². The molecular weight excluding hydrogens is 216 g/mol. The maximum absolute atomic E-state index is 11.6. The van der Waals surface area contributed by atoms with Crippen LogP contribution in [0.15, 0.2) is 0 Å². The van der Waals surface area contributed by atoms with Crippen molar-refractivity contribution >= 4 is 5.91 Å². The van der Waals surface area contributed by atoms with Crippen LogP contribution in [0.25, 0.3) is 0 Å². The zero-order valence-electron chi connectivity index (χ0n) is 11.1. The van der Waals surface area contributed by atoms with Gasteiger partial charge in [0.2, 0.25) is 5.91 Å². The Morgan fingerprint density at radius 2 is 2.06 bits per heavy atom. The molecule has 4 heteroatoms. The van der Waals surface area contributed by atoms with Crippen LogP contribution in [-0.2, 0) is 9.53 Å². The van der Waals surface area contributed by atoms with Crippen LogP contribution in [0.5, 0.6) is 0 Å². The van der Waals surface area contributed by atoms with Crippen LogP contribution in [0, 0.1) is 5.92 Å². The summed E-state index contributed by atoms with van der Waals surface area (Å²) in [4.78, 5) is 11.6. The molecule has 1 rings (SSSR count). The van der Waals surface area contributed by atoms with Gasteiger partial charge in [0, 0.05) is 13.7 Å². The van der Waals surface area contributed by atoms with Crippen LogP contribution in [-0.4, -0.2) is 38.8 Å². The zero-order valence-corrected chi connectivity index (χ0v) is 11.1. The molecule has 100 valence electrons. The number of hydrogen-bond donors (Lipinski definition) is 2. The third-order valence-electron chi connectivity index (χ3n) is 3.48. The maximum Gasteiger partial charge on any atom is 0.236 e. The second kappa shape index (κ2) is 8.48. The molecule has 1 atom stereocenters. The Kier molecular flexibility index (Phi) is 7.21. The third kappa shape index (κ3) is 6.03. The molecule has 0 aliphatic heterocycles. The summed E-state index contributed by atoms with van der Waals surface area (Å²) in [7, 11) is 1.63. The minimum Gasteiger partial charge on any atom is -0.383 e. The van der Waals surface area contributed by atoms with Crippen molar-refractivity contribution < 1.29 is 9.53 Å². The van der Waals surface area contributed by atoms with E-state index in [1.54, 1.807) is 7.11 Å². The molecule has 1 fully saturated rings. The van der Waals surface area contributed by atoms with Gasteiger partial charge in [-0.1, -0.05) is 25.7 Å². The molecular formula is C13H26N2O2. The molecule has 1 unspecified atom stereocenters. The summed E-state index contributed by atoms with van der Waals surface area (Å²) in [6.07, 6.45) is 6.72. The van der Waals surface area contributed by atoms with Crippen LogP contribution >= 0.6 is 0 Å². The average Bonchev–Trinajstić information content (AvgIpc) is 2.82. The number of carbonyl (C=O) groups is 1. The molecule has 0 spiro atoms. The monoisotopic (exact) mass is 242 g/mol. The first kappa shape index (κ1) is 14.5. The van der Waals surface area contributed by atoms with Crippen LogP contribution in [0.4, 0.5) is 0 Å². The highest BCUT2D eigenvalue weighted by Crippen LogP contribution is 2.26. The Morgan fingerprint density at radius 1 is 1.35 bits per heavy atom. The summed E-state index contributed by atoms with van der Waals surface area (Å²) in [6.45, 7) is 4.02. The van der Waals surface area contributed by atoms with Crippen LogP contribution in [0.2, 0.25) is 0 Å². The van der Waals surface area contributed by atoms with E-state index in [1.165, 1.54) is 32.1 Å². The number of methoxy groups -OCH3 is 1. The van der Waals surface area contributed by atoms with Crippen molar-refractivity contribution in [2.75, 3.05) is 26.8 Å². The predicted octanol–water partition coefficient (Wildman–Crippen LogP) is 1.31. The van der Waals surface area contributed by atoms with Crippen molar-refractivity contribution in [3.05, 3.63) is 0 Å². The van der Waals surface area contributed by atoms with Gasteiger partial charge < -0.3 is 15.4 Å². The number of hydrogen-bond acceptors (Lipinski definition) is 3. The number of rotatable bonds is 8. The molecule has 1 aliphatic carbocycles. The van der Waals surface area contributed by atoms with Gasteiger partial charge in [-0.15, -0.1) is 0 Å². The minimum absolute atomic E-state index is 0.0634. The summed E-state index contributed by atoms with van der Waals surface area (Å²) in [6, 6.07) is -0.103. The van der Waals surface area contributed by atoms with Gasteiger partial charge in [0.05, 0.1) is 12.6 Å². The van der Waals surface area contributed by atoms with E-state index in [0.717, 1.165) is 12.5 Å². The van der Waals surface area contributed by atoms with Crippen molar-refractivity contribution in [1.82, 2.24) is 10.6 Å².